The molecule has 1 aliphatic heterocycles. The van der Waals surface area contributed by atoms with Gasteiger partial charge in [-0.3, -0.25) is 0 Å². The van der Waals surface area contributed by atoms with E-state index >= 15 is 0 Å². The number of urea groups is 1. The molecule has 0 fully saturated rings. The Morgan fingerprint density at radius 1 is 1.11 bits per heavy atom. The first-order valence-electron chi connectivity index (χ1n) is 12.9. The van der Waals surface area contributed by atoms with Crippen LogP contribution >= 0.6 is 0 Å². The Bertz CT molecular complexity index is 1160. The van der Waals surface area contributed by atoms with Crippen LogP contribution in [-0.4, -0.2) is 34.0 Å². The van der Waals surface area contributed by atoms with Gasteiger partial charge in [0.05, 0.1) is 11.6 Å². The molecule has 4 rings (SSSR count). The number of rotatable bonds is 4. The quantitative estimate of drug-likeness (QED) is 0.406. The van der Waals surface area contributed by atoms with Crippen molar-refractivity contribution in [2.45, 2.75) is 82.9 Å². The number of hydrogen-bond acceptors (Lipinski definition) is 3. The average molecular weight is 534 g/mol. The number of amides is 2. The molecule has 2 N–H and O–H groups in total. The zero-order valence-corrected chi connectivity index (χ0v) is 23.6. The average Bonchev–Trinajstić information content (AvgIpc) is 2.79. The molecule has 1 heterocycles. The van der Waals surface area contributed by atoms with Crippen LogP contribution in [0.25, 0.3) is 0 Å². The van der Waals surface area contributed by atoms with Gasteiger partial charge in [-0.25, -0.2) is 4.79 Å². The summed E-state index contributed by atoms with van der Waals surface area (Å²) in [6.45, 7) is 11.8. The number of nitrogens with zero attached hydrogens (tertiary/aromatic N) is 1. The van der Waals surface area contributed by atoms with Gasteiger partial charge in [0.1, 0.15) is 0 Å². The summed E-state index contributed by atoms with van der Waals surface area (Å²) in [5, 5.41) is 6.14. The number of hydrogen-bond donors (Lipinski definition) is 2. The van der Waals surface area contributed by atoms with Gasteiger partial charge in [0, 0.05) is 31.1 Å². The molecule has 0 radical (unpaired) electrons. The van der Waals surface area contributed by atoms with Crippen molar-refractivity contribution in [3.63, 3.8) is 0 Å². The summed E-state index contributed by atoms with van der Waals surface area (Å²) >= 11 is 0. The highest BCUT2D eigenvalue weighted by Gasteiger charge is 2.40. The summed E-state index contributed by atoms with van der Waals surface area (Å²) in [6.07, 6.45) is -1.08. The minimum Gasteiger partial charge on any atom is -0.414 e. The molecule has 0 aromatic heterocycles. The van der Waals surface area contributed by atoms with Crippen molar-refractivity contribution in [1.29, 1.82) is 0 Å². The Hall–Kier alpha value is -2.52. The molecule has 2 aliphatic rings. The molecule has 2 atom stereocenters. The SMILES string of the molecule is CN1CCC(NC(=O)Nc2cccc3c2CC(O[Si](C)(C)C(C)(C)C)CC3)c2ccc(C(F)(F)F)cc21. The van der Waals surface area contributed by atoms with E-state index in [4.69, 9.17) is 4.43 Å². The lowest BCUT2D eigenvalue weighted by atomic mass is 9.88. The van der Waals surface area contributed by atoms with E-state index < -0.39 is 20.1 Å². The monoisotopic (exact) mass is 533 g/mol. The number of fused-ring (bicyclic) bond motifs is 2. The Kier molecular flexibility index (Phi) is 7.42. The summed E-state index contributed by atoms with van der Waals surface area (Å²) in [7, 11) is -0.150. The Balaban J connectivity index is 1.48. The molecule has 37 heavy (non-hydrogen) atoms. The first-order valence-corrected chi connectivity index (χ1v) is 15.8. The van der Waals surface area contributed by atoms with Gasteiger partial charge in [0.2, 0.25) is 0 Å². The highest BCUT2D eigenvalue weighted by Crippen LogP contribution is 2.40. The van der Waals surface area contributed by atoms with Gasteiger partial charge in [-0.2, -0.15) is 13.2 Å². The second-order valence-corrected chi connectivity index (χ2v) is 16.6. The smallest absolute Gasteiger partial charge is 0.414 e. The van der Waals surface area contributed by atoms with Gasteiger partial charge in [-0.05, 0) is 78.7 Å². The van der Waals surface area contributed by atoms with Crippen molar-refractivity contribution in [2.24, 2.45) is 0 Å². The molecule has 2 unspecified atom stereocenters. The van der Waals surface area contributed by atoms with Gasteiger partial charge in [0.15, 0.2) is 8.32 Å². The number of aryl methyl sites for hydroxylation is 1. The normalized spacial score (nSPS) is 20.2. The van der Waals surface area contributed by atoms with E-state index in [0.29, 0.717) is 24.2 Å². The first-order chi connectivity index (χ1) is 17.2. The number of carbonyl (C=O) groups is 1. The van der Waals surface area contributed by atoms with Gasteiger partial charge in [-0.1, -0.05) is 39.0 Å². The molecule has 2 amide bonds. The largest absolute Gasteiger partial charge is 0.416 e. The number of benzene rings is 2. The number of alkyl halides is 3. The van der Waals surface area contributed by atoms with Crippen LogP contribution in [0.15, 0.2) is 36.4 Å². The van der Waals surface area contributed by atoms with Crippen molar-refractivity contribution >= 4 is 25.7 Å². The lowest BCUT2D eigenvalue weighted by molar-refractivity contribution is -0.137. The second-order valence-electron chi connectivity index (χ2n) is 11.8. The van der Waals surface area contributed by atoms with Crippen molar-refractivity contribution in [3.05, 3.63) is 58.7 Å². The molecule has 202 valence electrons. The number of halogens is 3. The van der Waals surface area contributed by atoms with E-state index in [2.05, 4.69) is 50.6 Å². The minimum atomic E-state index is -4.41. The molecule has 1 aliphatic carbocycles. The third kappa shape index (κ3) is 5.98. The molecule has 0 spiro atoms. The maximum absolute atomic E-state index is 13.2. The lowest BCUT2D eigenvalue weighted by Crippen LogP contribution is -2.45. The van der Waals surface area contributed by atoms with Crippen LogP contribution in [0.1, 0.15) is 61.9 Å². The predicted molar refractivity (Wildman–Crippen MR) is 145 cm³/mol. The Labute approximate surface area is 218 Å². The third-order valence-electron chi connectivity index (χ3n) is 8.16. The molecule has 9 heteroatoms. The highest BCUT2D eigenvalue weighted by atomic mass is 28.4. The molecule has 2 aromatic carbocycles. The van der Waals surface area contributed by atoms with Crippen LogP contribution in [0.3, 0.4) is 0 Å². The van der Waals surface area contributed by atoms with Crippen LogP contribution in [0.2, 0.25) is 18.1 Å². The van der Waals surface area contributed by atoms with Gasteiger partial charge >= 0.3 is 12.2 Å². The molecule has 2 aromatic rings. The summed E-state index contributed by atoms with van der Waals surface area (Å²) in [5.74, 6) is 0. The van der Waals surface area contributed by atoms with Crippen molar-refractivity contribution in [2.75, 3.05) is 23.8 Å². The summed E-state index contributed by atoms with van der Waals surface area (Å²) in [5.41, 5.74) is 3.58. The van der Waals surface area contributed by atoms with Crippen LogP contribution in [0.5, 0.6) is 0 Å². The topological polar surface area (TPSA) is 53.6 Å². The Morgan fingerprint density at radius 3 is 2.51 bits per heavy atom. The van der Waals surface area contributed by atoms with Gasteiger partial charge < -0.3 is 20.0 Å². The molecular formula is C28H38F3N3O2Si. The van der Waals surface area contributed by atoms with Crippen molar-refractivity contribution in [1.82, 2.24) is 5.32 Å². The molecule has 0 bridgehead atoms. The van der Waals surface area contributed by atoms with Gasteiger partial charge in [-0.15, -0.1) is 0 Å². The van der Waals surface area contributed by atoms with E-state index in [1.165, 1.54) is 11.6 Å². The summed E-state index contributed by atoms with van der Waals surface area (Å²) in [4.78, 5) is 14.9. The van der Waals surface area contributed by atoms with Crippen LogP contribution in [0, 0.1) is 0 Å². The maximum Gasteiger partial charge on any atom is 0.416 e. The van der Waals surface area contributed by atoms with Crippen LogP contribution in [-0.2, 0) is 23.4 Å². The zero-order valence-electron chi connectivity index (χ0n) is 22.6. The molecule has 0 saturated heterocycles. The second kappa shape index (κ2) is 9.98. The van der Waals surface area contributed by atoms with Crippen molar-refractivity contribution in [3.8, 4) is 0 Å². The summed E-state index contributed by atoms with van der Waals surface area (Å²) < 4.78 is 46.4. The van der Waals surface area contributed by atoms with E-state index in [1.807, 2.05) is 12.1 Å². The Morgan fingerprint density at radius 2 is 1.84 bits per heavy atom. The first kappa shape index (κ1) is 27.5. The van der Waals surface area contributed by atoms with E-state index in [-0.39, 0.29) is 23.2 Å². The number of nitrogens with one attached hydrogen (secondary N) is 2. The molecular weight excluding hydrogens is 495 g/mol. The van der Waals surface area contributed by atoms with Gasteiger partial charge in [0.25, 0.3) is 0 Å². The fraction of sp³-hybridized carbons (Fsp3) is 0.536. The van der Waals surface area contributed by atoms with Crippen molar-refractivity contribution < 1.29 is 22.4 Å². The lowest BCUT2D eigenvalue weighted by Gasteiger charge is -2.40. The number of anilines is 2. The van der Waals surface area contributed by atoms with E-state index in [0.717, 1.165) is 42.6 Å². The van der Waals surface area contributed by atoms with Crippen LogP contribution < -0.4 is 15.5 Å². The maximum atomic E-state index is 13.2. The third-order valence-corrected chi connectivity index (χ3v) is 12.7. The summed E-state index contributed by atoms with van der Waals surface area (Å²) in [6, 6.07) is 8.96. The number of carbonyl (C=O) groups excluding carboxylic acids is 1. The highest BCUT2D eigenvalue weighted by molar-refractivity contribution is 6.74. The molecule has 5 nitrogen and oxygen atoms in total. The zero-order chi connectivity index (χ0) is 27.2. The fourth-order valence-corrected chi connectivity index (χ4v) is 6.37. The molecule has 0 saturated carbocycles. The van der Waals surface area contributed by atoms with E-state index in [9.17, 15) is 18.0 Å². The fourth-order valence-electron chi connectivity index (χ4n) is 4.98. The van der Waals surface area contributed by atoms with E-state index in [1.54, 1.807) is 11.9 Å². The minimum absolute atomic E-state index is 0.114. The predicted octanol–water partition coefficient (Wildman–Crippen LogP) is 7.29. The standard InChI is InChI=1S/C28H38F3N3O2Si/c1-27(2,3)37(5,6)36-20-12-10-18-8-7-9-23(22(18)17-20)32-26(35)33-24-14-15-34(4)25-16-19(28(29,30)31)11-13-21(24)25/h7-9,11,13,16,20,24H,10,12,14-15,17H2,1-6H3,(H2,32,33,35). The van der Waals surface area contributed by atoms with Crippen LogP contribution in [0.4, 0.5) is 29.3 Å².